The summed E-state index contributed by atoms with van der Waals surface area (Å²) in [7, 11) is 0. The fourth-order valence-electron chi connectivity index (χ4n) is 2.61. The van der Waals surface area contributed by atoms with Crippen LogP contribution >= 0.6 is 0 Å². The van der Waals surface area contributed by atoms with Crippen LogP contribution in [0.1, 0.15) is 32.3 Å². The van der Waals surface area contributed by atoms with E-state index >= 15 is 0 Å². The van der Waals surface area contributed by atoms with Gasteiger partial charge in [-0.25, -0.2) is 4.99 Å². The second-order valence-corrected chi connectivity index (χ2v) is 5.40. The molecule has 0 bridgehead atoms. The predicted molar refractivity (Wildman–Crippen MR) is 91.4 cm³/mol. The van der Waals surface area contributed by atoms with Crippen LogP contribution in [0.15, 0.2) is 29.3 Å². The lowest BCUT2D eigenvalue weighted by Gasteiger charge is -2.29. The van der Waals surface area contributed by atoms with Gasteiger partial charge in [-0.1, -0.05) is 25.1 Å². The summed E-state index contributed by atoms with van der Waals surface area (Å²) in [6, 6.07) is 8.14. The van der Waals surface area contributed by atoms with Gasteiger partial charge in [-0.2, -0.15) is 0 Å². The van der Waals surface area contributed by atoms with Crippen LogP contribution in [0, 0.1) is 0 Å². The summed E-state index contributed by atoms with van der Waals surface area (Å²) in [5, 5.41) is 6.38. The number of guanidine groups is 1. The molecule has 0 radical (unpaired) electrons. The van der Waals surface area contributed by atoms with E-state index in [2.05, 4.69) is 28.6 Å². The molecule has 5 nitrogen and oxygen atoms in total. The number of para-hydroxylation sites is 1. The van der Waals surface area contributed by atoms with Gasteiger partial charge in [0.1, 0.15) is 6.54 Å². The van der Waals surface area contributed by atoms with Crippen LogP contribution in [0.25, 0.3) is 0 Å². The molecule has 1 aromatic rings. The third-order valence-corrected chi connectivity index (χ3v) is 3.67. The highest BCUT2D eigenvalue weighted by Crippen LogP contribution is 2.26. The van der Waals surface area contributed by atoms with E-state index < -0.39 is 0 Å². The van der Waals surface area contributed by atoms with E-state index in [1.54, 1.807) is 0 Å². The zero-order chi connectivity index (χ0) is 15.8. The van der Waals surface area contributed by atoms with Crippen LogP contribution in [-0.4, -0.2) is 38.0 Å². The molecule has 1 heterocycles. The van der Waals surface area contributed by atoms with E-state index in [1.165, 1.54) is 5.56 Å². The minimum Gasteiger partial charge on any atom is -0.357 e. The summed E-state index contributed by atoms with van der Waals surface area (Å²) in [5.74, 6) is 0.767. The lowest BCUT2D eigenvalue weighted by atomic mass is 10.0. The normalized spacial score (nSPS) is 14.5. The van der Waals surface area contributed by atoms with Crippen molar-refractivity contribution in [2.24, 2.45) is 4.99 Å². The molecule has 0 saturated heterocycles. The van der Waals surface area contributed by atoms with Crippen molar-refractivity contribution >= 4 is 17.6 Å². The predicted octanol–water partition coefficient (Wildman–Crippen LogP) is 1.93. The van der Waals surface area contributed by atoms with E-state index in [-0.39, 0.29) is 12.5 Å². The molecule has 0 fully saturated rings. The zero-order valence-corrected chi connectivity index (χ0v) is 13.6. The average Bonchev–Trinajstić information content (AvgIpc) is 2.56. The van der Waals surface area contributed by atoms with Gasteiger partial charge in [0, 0.05) is 25.3 Å². The van der Waals surface area contributed by atoms with Gasteiger partial charge >= 0.3 is 0 Å². The van der Waals surface area contributed by atoms with E-state index in [9.17, 15) is 4.79 Å². The van der Waals surface area contributed by atoms with Gasteiger partial charge in [0.15, 0.2) is 5.96 Å². The Morgan fingerprint density at radius 1 is 1.27 bits per heavy atom. The Morgan fingerprint density at radius 2 is 2.09 bits per heavy atom. The molecular weight excluding hydrogens is 276 g/mol. The third kappa shape index (κ3) is 4.23. The van der Waals surface area contributed by atoms with Crippen LogP contribution in [-0.2, 0) is 11.2 Å². The van der Waals surface area contributed by atoms with E-state index in [0.717, 1.165) is 44.6 Å². The molecule has 22 heavy (non-hydrogen) atoms. The van der Waals surface area contributed by atoms with Gasteiger partial charge in [0.25, 0.3) is 0 Å². The minimum atomic E-state index is 0.0563. The molecule has 120 valence electrons. The van der Waals surface area contributed by atoms with Gasteiger partial charge < -0.3 is 15.5 Å². The number of hydrogen-bond acceptors (Lipinski definition) is 2. The number of hydrogen-bond donors (Lipinski definition) is 2. The Kier molecular flexibility index (Phi) is 6.25. The SMILES string of the molecule is CCCNC(=NCC(=O)N1CCCc2ccccc21)NCC. The summed E-state index contributed by atoms with van der Waals surface area (Å²) >= 11 is 0. The first-order valence-electron chi connectivity index (χ1n) is 8.16. The topological polar surface area (TPSA) is 56.7 Å². The van der Waals surface area contributed by atoms with Crippen molar-refractivity contribution in [2.75, 3.05) is 31.1 Å². The monoisotopic (exact) mass is 302 g/mol. The number of aryl methyl sites for hydroxylation is 1. The van der Waals surface area contributed by atoms with E-state index in [1.807, 2.05) is 30.0 Å². The maximum absolute atomic E-state index is 12.5. The third-order valence-electron chi connectivity index (χ3n) is 3.67. The molecule has 0 aromatic heterocycles. The molecule has 2 N–H and O–H groups in total. The highest BCUT2D eigenvalue weighted by Gasteiger charge is 2.21. The second kappa shape index (κ2) is 8.41. The van der Waals surface area contributed by atoms with Crippen molar-refractivity contribution in [3.63, 3.8) is 0 Å². The molecule has 1 aromatic carbocycles. The summed E-state index contributed by atoms with van der Waals surface area (Å²) in [5.41, 5.74) is 2.29. The van der Waals surface area contributed by atoms with Crippen LogP contribution in [0.5, 0.6) is 0 Å². The van der Waals surface area contributed by atoms with Crippen LogP contribution in [0.4, 0.5) is 5.69 Å². The summed E-state index contributed by atoms with van der Waals surface area (Å²) < 4.78 is 0. The van der Waals surface area contributed by atoms with E-state index in [0.29, 0.717) is 5.96 Å². The molecule has 2 rings (SSSR count). The lowest BCUT2D eigenvalue weighted by Crippen LogP contribution is -2.40. The Hall–Kier alpha value is -2.04. The van der Waals surface area contributed by atoms with Gasteiger partial charge in [-0.3, -0.25) is 4.79 Å². The van der Waals surface area contributed by atoms with Gasteiger partial charge in [0.05, 0.1) is 0 Å². The van der Waals surface area contributed by atoms with Crippen LogP contribution in [0.2, 0.25) is 0 Å². The smallest absolute Gasteiger partial charge is 0.248 e. The Morgan fingerprint density at radius 3 is 2.86 bits per heavy atom. The fourth-order valence-corrected chi connectivity index (χ4v) is 2.61. The molecule has 5 heteroatoms. The van der Waals surface area contributed by atoms with Crippen molar-refractivity contribution in [2.45, 2.75) is 33.1 Å². The number of carbonyl (C=O) groups excluding carboxylic acids is 1. The second-order valence-electron chi connectivity index (χ2n) is 5.40. The van der Waals surface area contributed by atoms with Gasteiger partial charge in [0.2, 0.25) is 5.91 Å². The number of nitrogens with zero attached hydrogens (tertiary/aromatic N) is 2. The maximum atomic E-state index is 12.5. The van der Waals surface area contributed by atoms with E-state index in [4.69, 9.17) is 0 Å². The number of benzene rings is 1. The molecule has 0 spiro atoms. The number of amides is 1. The molecule has 0 atom stereocenters. The number of carbonyl (C=O) groups is 1. The minimum absolute atomic E-state index is 0.0563. The molecule has 1 aliphatic heterocycles. The molecular formula is C17H26N4O. The molecule has 1 amide bonds. The molecule has 1 aliphatic rings. The van der Waals surface area contributed by atoms with Crippen molar-refractivity contribution in [3.05, 3.63) is 29.8 Å². The Labute approximate surface area is 132 Å². The first-order valence-corrected chi connectivity index (χ1v) is 8.16. The standard InChI is InChI=1S/C17H26N4O/c1-3-11-19-17(18-4-2)20-13-16(22)21-12-7-9-14-8-5-6-10-15(14)21/h5-6,8,10H,3-4,7,9,11-13H2,1-2H3,(H2,18,19,20). The first-order chi connectivity index (χ1) is 10.8. The average molecular weight is 302 g/mol. The van der Waals surface area contributed by atoms with Crippen molar-refractivity contribution in [1.29, 1.82) is 0 Å². The number of rotatable bonds is 5. The summed E-state index contributed by atoms with van der Waals surface area (Å²) in [6.07, 6.45) is 3.09. The van der Waals surface area contributed by atoms with Crippen molar-refractivity contribution < 1.29 is 4.79 Å². The van der Waals surface area contributed by atoms with Crippen LogP contribution in [0.3, 0.4) is 0 Å². The summed E-state index contributed by atoms with van der Waals surface area (Å²) in [6.45, 7) is 6.72. The number of anilines is 1. The first kappa shape index (κ1) is 16.3. The number of nitrogens with one attached hydrogen (secondary N) is 2. The largest absolute Gasteiger partial charge is 0.357 e. The highest BCUT2D eigenvalue weighted by molar-refractivity contribution is 5.97. The summed E-state index contributed by atoms with van der Waals surface area (Å²) in [4.78, 5) is 18.8. The number of fused-ring (bicyclic) bond motifs is 1. The van der Waals surface area contributed by atoms with Crippen LogP contribution < -0.4 is 15.5 Å². The maximum Gasteiger partial charge on any atom is 0.248 e. The van der Waals surface area contributed by atoms with Crippen molar-refractivity contribution in [1.82, 2.24) is 10.6 Å². The zero-order valence-electron chi connectivity index (χ0n) is 13.6. The quantitative estimate of drug-likeness (QED) is 0.645. The Bertz CT molecular complexity index is 527. The highest BCUT2D eigenvalue weighted by atomic mass is 16.2. The fraction of sp³-hybridized carbons (Fsp3) is 0.529. The molecule has 0 saturated carbocycles. The molecule has 0 aliphatic carbocycles. The number of aliphatic imine (C=N–C) groups is 1. The molecule has 0 unspecified atom stereocenters. The Balaban J connectivity index is 2.02. The van der Waals surface area contributed by atoms with Gasteiger partial charge in [-0.05, 0) is 37.8 Å². The van der Waals surface area contributed by atoms with Crippen molar-refractivity contribution in [3.8, 4) is 0 Å². The lowest BCUT2D eigenvalue weighted by molar-refractivity contribution is -0.117. The van der Waals surface area contributed by atoms with Gasteiger partial charge in [-0.15, -0.1) is 0 Å².